The molecule has 0 fully saturated rings. The lowest BCUT2D eigenvalue weighted by Gasteiger charge is -1.98. The van der Waals surface area contributed by atoms with E-state index in [1.165, 1.54) is 12.3 Å². The van der Waals surface area contributed by atoms with Crippen molar-refractivity contribution in [3.63, 3.8) is 0 Å². The highest BCUT2D eigenvalue weighted by atomic mass is 16.6. The summed E-state index contributed by atoms with van der Waals surface area (Å²) in [6.45, 7) is 0. The van der Waals surface area contributed by atoms with E-state index in [-0.39, 0.29) is 0 Å². The van der Waals surface area contributed by atoms with Crippen molar-refractivity contribution in [1.82, 2.24) is 0 Å². The standard InChI is InChI=1S/C9H5NO3/c11-8-5-6(9(8)12)7-3-1-2-4-13-10-7/h1-5H. The Balaban J connectivity index is 2.40. The van der Waals surface area contributed by atoms with Gasteiger partial charge in [-0.05, 0) is 12.2 Å². The van der Waals surface area contributed by atoms with E-state index in [9.17, 15) is 9.59 Å². The molecule has 0 saturated carbocycles. The van der Waals surface area contributed by atoms with Gasteiger partial charge in [-0.2, -0.15) is 0 Å². The molecule has 0 bridgehead atoms. The van der Waals surface area contributed by atoms with Crippen molar-refractivity contribution in [2.24, 2.45) is 5.16 Å². The maximum absolute atomic E-state index is 11.0. The van der Waals surface area contributed by atoms with Crippen molar-refractivity contribution in [2.75, 3.05) is 0 Å². The summed E-state index contributed by atoms with van der Waals surface area (Å²) in [7, 11) is 0. The van der Waals surface area contributed by atoms with Crippen LogP contribution in [-0.2, 0) is 4.84 Å². The third-order valence-corrected chi connectivity index (χ3v) is 1.68. The van der Waals surface area contributed by atoms with Gasteiger partial charge in [0.2, 0.25) is 10.9 Å². The van der Waals surface area contributed by atoms with Gasteiger partial charge in [0.15, 0.2) is 0 Å². The van der Waals surface area contributed by atoms with Crippen molar-refractivity contribution >= 4 is 5.71 Å². The Hall–Kier alpha value is -1.97. The first-order valence-corrected chi connectivity index (χ1v) is 3.67. The van der Waals surface area contributed by atoms with E-state index in [0.29, 0.717) is 11.3 Å². The summed E-state index contributed by atoms with van der Waals surface area (Å²) in [5.41, 5.74) is -0.295. The Morgan fingerprint density at radius 1 is 1.23 bits per heavy atom. The van der Waals surface area contributed by atoms with Gasteiger partial charge in [0, 0.05) is 6.07 Å². The number of rotatable bonds is 1. The van der Waals surface area contributed by atoms with Gasteiger partial charge in [0.25, 0.3) is 0 Å². The largest absolute Gasteiger partial charge is 0.364 e. The zero-order chi connectivity index (χ0) is 9.26. The number of hydrogen-bond donors (Lipinski definition) is 0. The van der Waals surface area contributed by atoms with Crippen LogP contribution in [0.15, 0.2) is 45.3 Å². The molecule has 2 rings (SSSR count). The van der Waals surface area contributed by atoms with Crippen LogP contribution in [0, 0.1) is 0 Å². The predicted octanol–water partition coefficient (Wildman–Crippen LogP) is 0.0868. The minimum Gasteiger partial charge on any atom is -0.364 e. The topological polar surface area (TPSA) is 55.7 Å². The lowest BCUT2D eigenvalue weighted by Crippen LogP contribution is -2.35. The minimum absolute atomic E-state index is 0.310. The number of oxime groups is 1. The molecule has 0 unspecified atom stereocenters. The van der Waals surface area contributed by atoms with Crippen LogP contribution >= 0.6 is 0 Å². The molecule has 13 heavy (non-hydrogen) atoms. The summed E-state index contributed by atoms with van der Waals surface area (Å²) >= 11 is 0. The fraction of sp³-hybridized carbons (Fsp3) is 0. The molecule has 1 aliphatic rings. The maximum atomic E-state index is 11.0. The van der Waals surface area contributed by atoms with Crippen LogP contribution in [-0.4, -0.2) is 5.71 Å². The molecule has 0 aliphatic carbocycles. The second-order valence-corrected chi connectivity index (χ2v) is 2.52. The Morgan fingerprint density at radius 3 is 2.77 bits per heavy atom. The molecule has 4 nitrogen and oxygen atoms in total. The Bertz CT molecular complexity index is 487. The van der Waals surface area contributed by atoms with Gasteiger partial charge in [-0.15, -0.1) is 0 Å². The number of hydrogen-bond acceptors (Lipinski definition) is 4. The molecule has 0 radical (unpaired) electrons. The Labute approximate surface area is 73.1 Å². The first-order valence-electron chi connectivity index (χ1n) is 3.67. The van der Waals surface area contributed by atoms with E-state index in [1.54, 1.807) is 18.2 Å². The van der Waals surface area contributed by atoms with Crippen molar-refractivity contribution in [1.29, 1.82) is 0 Å². The third kappa shape index (κ3) is 1.22. The van der Waals surface area contributed by atoms with Gasteiger partial charge in [-0.25, -0.2) is 0 Å². The molecule has 1 aromatic carbocycles. The summed E-state index contributed by atoms with van der Waals surface area (Å²) in [5, 5.41) is 3.63. The van der Waals surface area contributed by atoms with E-state index in [0.717, 1.165) is 0 Å². The molecule has 1 heterocycles. The van der Waals surface area contributed by atoms with Gasteiger partial charge < -0.3 is 4.84 Å². The first kappa shape index (κ1) is 7.67. The molecule has 0 atom stereocenters. The summed E-state index contributed by atoms with van der Waals surface area (Å²) in [5.74, 6) is 0. The SMILES string of the molecule is O=c1cc(C2=NOC=CC=C2)c1=O. The third-order valence-electron chi connectivity index (χ3n) is 1.68. The molecule has 0 amide bonds. The van der Waals surface area contributed by atoms with Crippen LogP contribution in [0.4, 0.5) is 0 Å². The summed E-state index contributed by atoms with van der Waals surface area (Å²) in [6.07, 6.45) is 6.32. The highest BCUT2D eigenvalue weighted by Gasteiger charge is 2.14. The van der Waals surface area contributed by atoms with Crippen molar-refractivity contribution in [3.8, 4) is 0 Å². The Morgan fingerprint density at radius 2 is 2.08 bits per heavy atom. The van der Waals surface area contributed by atoms with E-state index < -0.39 is 10.9 Å². The first-order chi connectivity index (χ1) is 6.29. The van der Waals surface area contributed by atoms with E-state index in [2.05, 4.69) is 9.99 Å². The molecule has 0 spiro atoms. The molecule has 4 heteroatoms. The van der Waals surface area contributed by atoms with E-state index in [4.69, 9.17) is 0 Å². The highest BCUT2D eigenvalue weighted by Crippen LogP contribution is 2.00. The number of nitrogens with zero attached hydrogens (tertiary/aromatic N) is 1. The van der Waals surface area contributed by atoms with Gasteiger partial charge in [-0.3, -0.25) is 9.59 Å². The molecule has 0 saturated heterocycles. The minimum atomic E-state index is -0.506. The quantitative estimate of drug-likeness (QED) is 0.568. The molecular formula is C9H5NO3. The molecule has 1 aliphatic heterocycles. The molecule has 64 valence electrons. The molecule has 1 aromatic rings. The smallest absolute Gasteiger partial charge is 0.235 e. The van der Waals surface area contributed by atoms with Crippen LogP contribution in [0.1, 0.15) is 5.56 Å². The van der Waals surface area contributed by atoms with Gasteiger partial charge >= 0.3 is 0 Å². The van der Waals surface area contributed by atoms with E-state index >= 15 is 0 Å². The predicted molar refractivity (Wildman–Crippen MR) is 47.3 cm³/mol. The van der Waals surface area contributed by atoms with E-state index in [1.807, 2.05) is 0 Å². The lowest BCUT2D eigenvalue weighted by atomic mass is 10.1. The van der Waals surface area contributed by atoms with Crippen LogP contribution in [0.5, 0.6) is 0 Å². The molecular weight excluding hydrogens is 170 g/mol. The lowest BCUT2D eigenvalue weighted by molar-refractivity contribution is 0.269. The van der Waals surface area contributed by atoms with Gasteiger partial charge in [-0.1, -0.05) is 11.2 Å². The maximum Gasteiger partial charge on any atom is 0.235 e. The van der Waals surface area contributed by atoms with Crippen molar-refractivity contribution in [3.05, 3.63) is 56.6 Å². The molecule has 0 N–H and O–H groups in total. The average molecular weight is 175 g/mol. The summed E-state index contributed by atoms with van der Waals surface area (Å²) in [6, 6.07) is 1.25. The summed E-state index contributed by atoms with van der Waals surface area (Å²) in [4.78, 5) is 26.3. The van der Waals surface area contributed by atoms with Crippen LogP contribution in [0.25, 0.3) is 0 Å². The van der Waals surface area contributed by atoms with Crippen LogP contribution < -0.4 is 10.9 Å². The average Bonchev–Trinajstić information content (AvgIpc) is 2.41. The Kier molecular flexibility index (Phi) is 1.66. The second-order valence-electron chi connectivity index (χ2n) is 2.52. The van der Waals surface area contributed by atoms with Crippen molar-refractivity contribution in [2.45, 2.75) is 0 Å². The van der Waals surface area contributed by atoms with Crippen LogP contribution in [0.2, 0.25) is 0 Å². The van der Waals surface area contributed by atoms with Crippen LogP contribution in [0.3, 0.4) is 0 Å². The van der Waals surface area contributed by atoms with Gasteiger partial charge in [0.05, 0.1) is 5.56 Å². The zero-order valence-electron chi connectivity index (χ0n) is 6.56. The monoisotopic (exact) mass is 175 g/mol. The fourth-order valence-corrected chi connectivity index (χ4v) is 0.991. The van der Waals surface area contributed by atoms with Crippen molar-refractivity contribution < 1.29 is 4.84 Å². The summed E-state index contributed by atoms with van der Waals surface area (Å²) < 4.78 is 0. The number of allylic oxidation sites excluding steroid dienone is 3. The second kappa shape index (κ2) is 2.82. The molecule has 0 aromatic heterocycles. The normalized spacial score (nSPS) is 15.2. The highest BCUT2D eigenvalue weighted by molar-refractivity contribution is 6.09. The fourth-order valence-electron chi connectivity index (χ4n) is 0.991. The zero-order valence-corrected chi connectivity index (χ0v) is 6.56. The van der Waals surface area contributed by atoms with Gasteiger partial charge in [0.1, 0.15) is 12.0 Å².